The summed E-state index contributed by atoms with van der Waals surface area (Å²) in [5, 5.41) is 6.27. The van der Waals surface area contributed by atoms with E-state index in [2.05, 4.69) is 15.6 Å². The molecule has 6 heteroatoms. The Bertz CT molecular complexity index is 554. The van der Waals surface area contributed by atoms with Gasteiger partial charge in [-0.1, -0.05) is 19.9 Å². The highest BCUT2D eigenvalue weighted by Gasteiger charge is 2.25. The van der Waals surface area contributed by atoms with Gasteiger partial charge in [0.25, 0.3) is 0 Å². The van der Waals surface area contributed by atoms with Crippen LogP contribution in [0.5, 0.6) is 0 Å². The molecule has 0 aromatic carbocycles. The summed E-state index contributed by atoms with van der Waals surface area (Å²) in [6.07, 6.45) is 5.63. The number of aromatic nitrogens is 1. The van der Waals surface area contributed by atoms with Gasteiger partial charge >= 0.3 is 0 Å². The first-order valence-corrected chi connectivity index (χ1v) is 9.73. The molecule has 1 aromatic heterocycles. The number of nitrogens with zero attached hydrogens (tertiary/aromatic N) is 2. The number of pyridine rings is 1. The molecule has 144 valence electrons. The number of nitrogens with one attached hydrogen (secondary N) is 2. The maximum absolute atomic E-state index is 12.9. The van der Waals surface area contributed by atoms with Crippen LogP contribution in [0.2, 0.25) is 0 Å². The average Bonchev–Trinajstić information content (AvgIpc) is 2.89. The molecule has 0 spiro atoms. The first-order valence-electron chi connectivity index (χ1n) is 9.73. The predicted molar refractivity (Wildman–Crippen MR) is 102 cm³/mol. The van der Waals surface area contributed by atoms with Gasteiger partial charge < -0.3 is 15.5 Å². The molecule has 0 bridgehead atoms. The largest absolute Gasteiger partial charge is 0.356 e. The summed E-state index contributed by atoms with van der Waals surface area (Å²) >= 11 is 0. The Labute approximate surface area is 156 Å². The van der Waals surface area contributed by atoms with Gasteiger partial charge in [-0.2, -0.15) is 0 Å². The zero-order chi connectivity index (χ0) is 18.8. The fraction of sp³-hybridized carbons (Fsp3) is 0.650. The summed E-state index contributed by atoms with van der Waals surface area (Å²) in [7, 11) is 0. The maximum atomic E-state index is 12.9. The Morgan fingerprint density at radius 3 is 2.88 bits per heavy atom. The monoisotopic (exact) mass is 360 g/mol. The van der Waals surface area contributed by atoms with Gasteiger partial charge in [-0.3, -0.25) is 14.6 Å². The molecule has 0 aliphatic carbocycles. The second-order valence-electron chi connectivity index (χ2n) is 7.38. The number of rotatable bonds is 8. The summed E-state index contributed by atoms with van der Waals surface area (Å²) in [5.74, 6) is 0.431. The lowest BCUT2D eigenvalue weighted by molar-refractivity contribution is -0.134. The molecule has 1 aliphatic heterocycles. The molecule has 2 rings (SSSR count). The van der Waals surface area contributed by atoms with Gasteiger partial charge in [-0.25, -0.2) is 0 Å². The quantitative estimate of drug-likeness (QED) is 0.745. The van der Waals surface area contributed by atoms with Gasteiger partial charge in [0, 0.05) is 31.6 Å². The van der Waals surface area contributed by atoms with Crippen LogP contribution in [0.4, 0.5) is 0 Å². The molecular formula is C20H32N4O2. The second-order valence-corrected chi connectivity index (χ2v) is 7.38. The molecule has 2 amide bonds. The van der Waals surface area contributed by atoms with Crippen LogP contribution in [0.15, 0.2) is 24.4 Å². The number of hydrogen-bond donors (Lipinski definition) is 2. The van der Waals surface area contributed by atoms with Crippen molar-refractivity contribution >= 4 is 11.8 Å². The van der Waals surface area contributed by atoms with Crippen LogP contribution >= 0.6 is 0 Å². The van der Waals surface area contributed by atoms with Crippen LogP contribution in [0.25, 0.3) is 0 Å². The molecule has 6 nitrogen and oxygen atoms in total. The van der Waals surface area contributed by atoms with Crippen molar-refractivity contribution < 1.29 is 9.59 Å². The highest BCUT2D eigenvalue weighted by molar-refractivity contribution is 5.79. The van der Waals surface area contributed by atoms with Gasteiger partial charge in [0.15, 0.2) is 0 Å². The Kier molecular flexibility index (Phi) is 8.54. The van der Waals surface area contributed by atoms with Gasteiger partial charge in [-0.05, 0) is 50.4 Å². The molecule has 26 heavy (non-hydrogen) atoms. The van der Waals surface area contributed by atoms with Crippen molar-refractivity contribution in [3.8, 4) is 0 Å². The van der Waals surface area contributed by atoms with E-state index in [0.29, 0.717) is 31.8 Å². The average molecular weight is 361 g/mol. The van der Waals surface area contributed by atoms with Crippen molar-refractivity contribution in [2.24, 2.45) is 5.92 Å². The number of amides is 2. The van der Waals surface area contributed by atoms with E-state index in [4.69, 9.17) is 0 Å². The summed E-state index contributed by atoms with van der Waals surface area (Å²) in [4.78, 5) is 31.0. The van der Waals surface area contributed by atoms with E-state index in [0.717, 1.165) is 38.0 Å². The van der Waals surface area contributed by atoms with Crippen molar-refractivity contribution in [2.45, 2.75) is 58.5 Å². The number of carbonyl (C=O) groups excluding carboxylic acids is 2. The fourth-order valence-electron chi connectivity index (χ4n) is 3.29. The van der Waals surface area contributed by atoms with Crippen LogP contribution in [-0.2, 0) is 16.1 Å². The molecule has 2 heterocycles. The Morgan fingerprint density at radius 1 is 1.31 bits per heavy atom. The summed E-state index contributed by atoms with van der Waals surface area (Å²) in [5.41, 5.74) is 0.905. The summed E-state index contributed by atoms with van der Waals surface area (Å²) in [6.45, 7) is 6.90. The molecule has 1 aromatic rings. The molecule has 1 atom stereocenters. The number of carbonyl (C=O) groups is 2. The highest BCUT2D eigenvalue weighted by Crippen LogP contribution is 2.17. The van der Waals surface area contributed by atoms with Gasteiger partial charge in [0.05, 0.1) is 12.2 Å². The molecule has 0 radical (unpaired) electrons. The minimum Gasteiger partial charge on any atom is -0.356 e. The molecule has 2 N–H and O–H groups in total. The molecule has 1 saturated heterocycles. The fourth-order valence-corrected chi connectivity index (χ4v) is 3.29. The molecule has 1 unspecified atom stereocenters. The third-order valence-corrected chi connectivity index (χ3v) is 4.62. The van der Waals surface area contributed by atoms with Gasteiger partial charge in [0.2, 0.25) is 11.8 Å². The third-order valence-electron chi connectivity index (χ3n) is 4.62. The standard InChI is InChI=1S/C20H32N4O2/c1-16(2)14-19(25)23-13-9-20(26)24(15-17-6-3-4-11-22-17)18-7-5-10-21-12-8-18/h3-4,6,11,16,18,21H,5,7-10,12-15H2,1-2H3,(H,23,25). The smallest absolute Gasteiger partial charge is 0.224 e. The molecular weight excluding hydrogens is 328 g/mol. The lowest BCUT2D eigenvalue weighted by Crippen LogP contribution is -2.42. The van der Waals surface area contributed by atoms with Crippen LogP contribution in [0.1, 0.15) is 51.6 Å². The minimum absolute atomic E-state index is 0.0164. The topological polar surface area (TPSA) is 74.3 Å². The first-order chi connectivity index (χ1) is 12.6. The van der Waals surface area contributed by atoms with E-state index >= 15 is 0 Å². The maximum Gasteiger partial charge on any atom is 0.224 e. The van der Waals surface area contributed by atoms with Gasteiger partial charge in [-0.15, -0.1) is 0 Å². The Hall–Kier alpha value is -1.95. The molecule has 1 fully saturated rings. The Balaban J connectivity index is 1.95. The van der Waals surface area contributed by atoms with Crippen LogP contribution in [0, 0.1) is 5.92 Å². The zero-order valence-corrected chi connectivity index (χ0v) is 16.0. The summed E-state index contributed by atoms with van der Waals surface area (Å²) < 4.78 is 0. The van der Waals surface area contributed by atoms with Crippen molar-refractivity contribution in [1.82, 2.24) is 20.5 Å². The van der Waals surface area contributed by atoms with Crippen molar-refractivity contribution in [3.63, 3.8) is 0 Å². The van der Waals surface area contributed by atoms with Gasteiger partial charge in [0.1, 0.15) is 0 Å². The zero-order valence-electron chi connectivity index (χ0n) is 16.0. The van der Waals surface area contributed by atoms with E-state index < -0.39 is 0 Å². The predicted octanol–water partition coefficient (Wildman–Crippen LogP) is 2.10. The summed E-state index contributed by atoms with van der Waals surface area (Å²) in [6, 6.07) is 6.02. The van der Waals surface area contributed by atoms with E-state index in [1.54, 1.807) is 6.20 Å². The lowest BCUT2D eigenvalue weighted by atomic mass is 10.1. The van der Waals surface area contributed by atoms with Crippen LogP contribution in [-0.4, -0.2) is 47.4 Å². The molecule has 0 saturated carbocycles. The van der Waals surface area contributed by atoms with Crippen LogP contribution in [0.3, 0.4) is 0 Å². The van der Waals surface area contributed by atoms with Crippen molar-refractivity contribution in [1.29, 1.82) is 0 Å². The van der Waals surface area contributed by atoms with E-state index in [9.17, 15) is 9.59 Å². The van der Waals surface area contributed by atoms with Crippen molar-refractivity contribution in [2.75, 3.05) is 19.6 Å². The first kappa shape index (κ1) is 20.4. The minimum atomic E-state index is 0.0164. The lowest BCUT2D eigenvalue weighted by Gasteiger charge is -2.31. The third kappa shape index (κ3) is 7.12. The van der Waals surface area contributed by atoms with E-state index in [1.165, 1.54) is 0 Å². The Morgan fingerprint density at radius 2 is 2.15 bits per heavy atom. The van der Waals surface area contributed by atoms with E-state index in [1.807, 2.05) is 36.9 Å². The van der Waals surface area contributed by atoms with Crippen LogP contribution < -0.4 is 10.6 Å². The normalized spacial score (nSPS) is 17.6. The number of hydrogen-bond acceptors (Lipinski definition) is 4. The van der Waals surface area contributed by atoms with E-state index in [-0.39, 0.29) is 17.9 Å². The molecule has 1 aliphatic rings. The second kappa shape index (κ2) is 10.9. The highest BCUT2D eigenvalue weighted by atomic mass is 16.2. The SMILES string of the molecule is CC(C)CC(=O)NCCC(=O)N(Cc1ccccn1)C1CCCNCC1. The van der Waals surface area contributed by atoms with Crippen molar-refractivity contribution in [3.05, 3.63) is 30.1 Å².